The van der Waals surface area contributed by atoms with Gasteiger partial charge in [0.15, 0.2) is 5.76 Å². The number of nitrogens with zero attached hydrogens (tertiary/aromatic N) is 2. The maximum absolute atomic E-state index is 5.77. The highest BCUT2D eigenvalue weighted by molar-refractivity contribution is 5.85. The molecule has 2 aromatic rings. The predicted octanol–water partition coefficient (Wildman–Crippen LogP) is 4.30. The van der Waals surface area contributed by atoms with Crippen molar-refractivity contribution in [2.45, 2.75) is 20.8 Å². The second-order valence-corrected chi connectivity index (χ2v) is 5.15. The van der Waals surface area contributed by atoms with Gasteiger partial charge in [-0.25, -0.2) is 0 Å². The zero-order chi connectivity index (χ0) is 15.8. The van der Waals surface area contributed by atoms with Crippen LogP contribution in [0.4, 0.5) is 0 Å². The minimum absolute atomic E-state index is 0. The molecule has 0 aliphatic carbocycles. The highest BCUT2D eigenvalue weighted by Gasteiger charge is 2.00. The maximum Gasteiger partial charge on any atom is 0.159 e. The Morgan fingerprint density at radius 1 is 1.13 bits per heavy atom. The lowest BCUT2D eigenvalue weighted by Crippen LogP contribution is -2.27. The molecule has 2 rings (SSSR count). The summed E-state index contributed by atoms with van der Waals surface area (Å²) < 4.78 is 10.9. The molecule has 0 N–H and O–H groups in total. The van der Waals surface area contributed by atoms with E-state index in [1.165, 1.54) is 0 Å². The zero-order valence-electron chi connectivity index (χ0n) is 14.0. The van der Waals surface area contributed by atoms with Gasteiger partial charge in [-0.3, -0.25) is 0 Å². The number of ether oxygens (including phenoxy) is 1. The number of aryl methyl sites for hydroxylation is 1. The second kappa shape index (κ2) is 10.1. The van der Waals surface area contributed by atoms with Gasteiger partial charge in [-0.05, 0) is 43.8 Å². The van der Waals surface area contributed by atoms with E-state index in [1.54, 1.807) is 0 Å². The van der Waals surface area contributed by atoms with Crippen LogP contribution in [0.3, 0.4) is 0 Å². The van der Waals surface area contributed by atoms with E-state index < -0.39 is 0 Å². The number of likely N-dealkylation sites (N-methyl/N-ethyl adjacent to an activating group) is 1. The molecule has 0 amide bonds. The minimum atomic E-state index is 0. The molecule has 0 atom stereocenters. The van der Waals surface area contributed by atoms with Crippen molar-refractivity contribution >= 4 is 24.6 Å². The third-order valence-corrected chi connectivity index (χ3v) is 3.54. The fraction of sp³-hybridized carbons (Fsp3) is 0.389. The van der Waals surface area contributed by atoms with E-state index in [0.29, 0.717) is 6.61 Å². The largest absolute Gasteiger partial charge is 0.492 e. The van der Waals surface area contributed by atoms with Crippen LogP contribution in [0.5, 0.6) is 5.75 Å². The van der Waals surface area contributed by atoms with Crippen LogP contribution in [0.1, 0.15) is 30.9 Å². The Balaban J connectivity index is 0.00000264. The van der Waals surface area contributed by atoms with E-state index in [9.17, 15) is 0 Å². The molecule has 0 bridgehead atoms. The lowest BCUT2D eigenvalue weighted by atomic mass is 10.2. The van der Waals surface area contributed by atoms with Crippen LogP contribution >= 0.6 is 12.4 Å². The number of halogens is 1. The van der Waals surface area contributed by atoms with E-state index in [0.717, 1.165) is 42.4 Å². The van der Waals surface area contributed by atoms with E-state index in [4.69, 9.17) is 9.26 Å². The molecular formula is C18H25ClN2O2. The van der Waals surface area contributed by atoms with Crippen molar-refractivity contribution in [1.82, 2.24) is 10.1 Å². The van der Waals surface area contributed by atoms with Crippen molar-refractivity contribution in [2.24, 2.45) is 0 Å². The molecule has 1 aromatic carbocycles. The molecule has 5 heteroatoms. The van der Waals surface area contributed by atoms with Crippen LogP contribution in [0.25, 0.3) is 12.2 Å². The fourth-order valence-corrected chi connectivity index (χ4v) is 2.15. The number of hydrogen-bond donors (Lipinski definition) is 0. The fourth-order valence-electron chi connectivity index (χ4n) is 2.15. The summed E-state index contributed by atoms with van der Waals surface area (Å²) in [6.45, 7) is 10.0. The summed E-state index contributed by atoms with van der Waals surface area (Å²) in [5, 5.41) is 3.85. The molecule has 0 saturated heterocycles. The van der Waals surface area contributed by atoms with Gasteiger partial charge < -0.3 is 14.2 Å². The zero-order valence-corrected chi connectivity index (χ0v) is 14.8. The topological polar surface area (TPSA) is 38.5 Å². The van der Waals surface area contributed by atoms with Crippen LogP contribution in [-0.4, -0.2) is 36.3 Å². The number of benzene rings is 1. The lowest BCUT2D eigenvalue weighted by Gasteiger charge is -2.17. The van der Waals surface area contributed by atoms with Crippen LogP contribution < -0.4 is 4.74 Å². The summed E-state index contributed by atoms with van der Waals surface area (Å²) in [5.74, 6) is 1.66. The highest BCUT2D eigenvalue weighted by Crippen LogP contribution is 2.15. The first-order valence-electron chi connectivity index (χ1n) is 7.78. The summed E-state index contributed by atoms with van der Waals surface area (Å²) in [6.07, 6.45) is 3.91. The molecule has 0 aliphatic rings. The van der Waals surface area contributed by atoms with Gasteiger partial charge in [0.25, 0.3) is 0 Å². The molecule has 0 aliphatic heterocycles. The Labute approximate surface area is 144 Å². The summed E-state index contributed by atoms with van der Waals surface area (Å²) in [7, 11) is 0. The normalized spacial score (nSPS) is 11.0. The van der Waals surface area contributed by atoms with Crippen LogP contribution in [0.2, 0.25) is 0 Å². The van der Waals surface area contributed by atoms with Crippen molar-refractivity contribution in [3.05, 3.63) is 47.3 Å². The molecule has 1 heterocycles. The standard InChI is InChI=1S/C18H24N2O2.ClH/c1-4-20(5-2)12-13-21-17-9-6-16(7-10-17)8-11-18-14-15(3)19-22-18;/h6-11,14H,4-5,12-13H2,1-3H3;1H/b11-8+;. The van der Waals surface area contributed by atoms with Crippen molar-refractivity contribution < 1.29 is 9.26 Å². The lowest BCUT2D eigenvalue weighted by molar-refractivity contribution is 0.223. The van der Waals surface area contributed by atoms with E-state index in [-0.39, 0.29) is 12.4 Å². The van der Waals surface area contributed by atoms with Gasteiger partial charge in [0.2, 0.25) is 0 Å². The van der Waals surface area contributed by atoms with E-state index >= 15 is 0 Å². The summed E-state index contributed by atoms with van der Waals surface area (Å²) in [5.41, 5.74) is 1.99. The van der Waals surface area contributed by atoms with Gasteiger partial charge in [-0.1, -0.05) is 37.2 Å². The van der Waals surface area contributed by atoms with Crippen molar-refractivity contribution in [2.75, 3.05) is 26.2 Å². The maximum atomic E-state index is 5.77. The van der Waals surface area contributed by atoms with E-state index in [1.807, 2.05) is 49.4 Å². The second-order valence-electron chi connectivity index (χ2n) is 5.15. The highest BCUT2D eigenvalue weighted by atomic mass is 35.5. The van der Waals surface area contributed by atoms with Crippen LogP contribution in [-0.2, 0) is 0 Å². The first kappa shape index (κ1) is 19.3. The first-order chi connectivity index (χ1) is 10.7. The third-order valence-electron chi connectivity index (χ3n) is 3.54. The van der Waals surface area contributed by atoms with Gasteiger partial charge in [0.05, 0.1) is 5.69 Å². The molecule has 0 unspecified atom stereocenters. The average molecular weight is 337 g/mol. The first-order valence-corrected chi connectivity index (χ1v) is 7.78. The molecular weight excluding hydrogens is 312 g/mol. The molecule has 126 valence electrons. The quantitative estimate of drug-likeness (QED) is 0.720. The van der Waals surface area contributed by atoms with Crippen molar-refractivity contribution in [1.29, 1.82) is 0 Å². The molecule has 0 fully saturated rings. The summed E-state index contributed by atoms with van der Waals surface area (Å²) in [6, 6.07) is 9.96. The van der Waals surface area contributed by atoms with Gasteiger partial charge in [-0.15, -0.1) is 12.4 Å². The van der Waals surface area contributed by atoms with Gasteiger partial charge >= 0.3 is 0 Å². The van der Waals surface area contributed by atoms with Gasteiger partial charge in [0.1, 0.15) is 12.4 Å². The van der Waals surface area contributed by atoms with E-state index in [2.05, 4.69) is 23.9 Å². The number of rotatable bonds is 8. The Morgan fingerprint density at radius 2 is 1.83 bits per heavy atom. The molecule has 0 radical (unpaired) electrons. The Bertz CT molecular complexity index is 589. The Kier molecular flexibility index (Phi) is 8.45. The smallest absolute Gasteiger partial charge is 0.159 e. The summed E-state index contributed by atoms with van der Waals surface area (Å²) in [4.78, 5) is 2.34. The van der Waals surface area contributed by atoms with Crippen LogP contribution in [0.15, 0.2) is 34.9 Å². The van der Waals surface area contributed by atoms with Gasteiger partial charge in [0, 0.05) is 12.6 Å². The predicted molar refractivity (Wildman–Crippen MR) is 97.1 cm³/mol. The molecule has 1 aromatic heterocycles. The number of hydrogen-bond acceptors (Lipinski definition) is 4. The molecule has 0 spiro atoms. The minimum Gasteiger partial charge on any atom is -0.492 e. The SMILES string of the molecule is CCN(CC)CCOc1ccc(/C=C/c2cc(C)no2)cc1.Cl. The van der Waals surface area contributed by atoms with Crippen molar-refractivity contribution in [3.8, 4) is 5.75 Å². The Hall–Kier alpha value is -1.78. The Morgan fingerprint density at radius 3 is 2.39 bits per heavy atom. The van der Waals surface area contributed by atoms with Crippen LogP contribution in [0, 0.1) is 6.92 Å². The molecule has 0 saturated carbocycles. The third kappa shape index (κ3) is 6.47. The van der Waals surface area contributed by atoms with Crippen molar-refractivity contribution in [3.63, 3.8) is 0 Å². The van der Waals surface area contributed by atoms with Gasteiger partial charge in [-0.2, -0.15) is 0 Å². The molecule has 23 heavy (non-hydrogen) atoms. The average Bonchev–Trinajstić information content (AvgIpc) is 2.96. The summed E-state index contributed by atoms with van der Waals surface area (Å²) >= 11 is 0. The monoisotopic (exact) mass is 336 g/mol. The molecule has 4 nitrogen and oxygen atoms in total. The number of aromatic nitrogens is 1.